The standard InChI is InChI=1S/C18H27FN2/c1-4-21(17-10-15-7-8-16(11-17)20-15)13(3)14-6-5-12(2)18(19)9-14/h5-6,9,13,15-17,20H,4,7-8,10-11H2,1-3H3. The molecule has 2 aliphatic heterocycles. The summed E-state index contributed by atoms with van der Waals surface area (Å²) in [6.07, 6.45) is 5.13. The third-order valence-corrected chi connectivity index (χ3v) is 5.46. The van der Waals surface area contributed by atoms with Crippen LogP contribution in [0.4, 0.5) is 4.39 Å². The van der Waals surface area contributed by atoms with E-state index in [1.54, 1.807) is 6.07 Å². The molecular formula is C18H27FN2. The number of rotatable bonds is 4. The molecule has 1 aromatic carbocycles. The van der Waals surface area contributed by atoms with Gasteiger partial charge in [-0.2, -0.15) is 0 Å². The van der Waals surface area contributed by atoms with Gasteiger partial charge in [-0.3, -0.25) is 4.90 Å². The highest BCUT2D eigenvalue weighted by Gasteiger charge is 2.37. The average Bonchev–Trinajstić information content (AvgIpc) is 2.81. The lowest BCUT2D eigenvalue weighted by Crippen LogP contribution is -2.48. The van der Waals surface area contributed by atoms with E-state index in [9.17, 15) is 4.39 Å². The highest BCUT2D eigenvalue weighted by molar-refractivity contribution is 5.25. The van der Waals surface area contributed by atoms with E-state index in [0.29, 0.717) is 18.1 Å². The maximum absolute atomic E-state index is 13.9. The number of aryl methyl sites for hydroxylation is 1. The van der Waals surface area contributed by atoms with Gasteiger partial charge in [0.25, 0.3) is 0 Å². The summed E-state index contributed by atoms with van der Waals surface area (Å²) < 4.78 is 13.9. The molecule has 0 aromatic heterocycles. The number of nitrogens with zero attached hydrogens (tertiary/aromatic N) is 1. The molecule has 2 saturated heterocycles. The van der Waals surface area contributed by atoms with Crippen LogP contribution in [0, 0.1) is 12.7 Å². The summed E-state index contributed by atoms with van der Waals surface area (Å²) in [6, 6.07) is 8.02. The van der Waals surface area contributed by atoms with Gasteiger partial charge in [0, 0.05) is 24.2 Å². The van der Waals surface area contributed by atoms with Gasteiger partial charge in [0.1, 0.15) is 5.82 Å². The molecule has 2 heterocycles. The molecule has 21 heavy (non-hydrogen) atoms. The molecule has 2 fully saturated rings. The van der Waals surface area contributed by atoms with Crippen molar-refractivity contribution < 1.29 is 4.39 Å². The normalized spacial score (nSPS) is 29.9. The summed E-state index contributed by atoms with van der Waals surface area (Å²) in [7, 11) is 0. The van der Waals surface area contributed by atoms with E-state index in [1.165, 1.54) is 25.7 Å². The fraction of sp³-hybridized carbons (Fsp3) is 0.667. The average molecular weight is 290 g/mol. The molecule has 2 nitrogen and oxygen atoms in total. The summed E-state index contributed by atoms with van der Waals surface area (Å²) >= 11 is 0. The lowest BCUT2D eigenvalue weighted by Gasteiger charge is -2.40. The van der Waals surface area contributed by atoms with Crippen LogP contribution in [0.5, 0.6) is 0 Å². The van der Waals surface area contributed by atoms with Crippen molar-refractivity contribution in [2.75, 3.05) is 6.54 Å². The fourth-order valence-electron chi connectivity index (χ4n) is 4.21. The van der Waals surface area contributed by atoms with Crippen molar-refractivity contribution in [1.29, 1.82) is 0 Å². The lowest BCUT2D eigenvalue weighted by atomic mass is 9.95. The number of hydrogen-bond acceptors (Lipinski definition) is 2. The predicted octanol–water partition coefficient (Wildman–Crippen LogP) is 3.80. The van der Waals surface area contributed by atoms with Gasteiger partial charge in [-0.25, -0.2) is 4.39 Å². The summed E-state index contributed by atoms with van der Waals surface area (Å²) in [6.45, 7) is 7.30. The summed E-state index contributed by atoms with van der Waals surface area (Å²) in [5.41, 5.74) is 1.83. The van der Waals surface area contributed by atoms with Crippen LogP contribution in [0.3, 0.4) is 0 Å². The van der Waals surface area contributed by atoms with E-state index in [0.717, 1.165) is 17.7 Å². The van der Waals surface area contributed by atoms with Crippen LogP contribution < -0.4 is 5.32 Å². The molecule has 0 saturated carbocycles. The monoisotopic (exact) mass is 290 g/mol. The molecule has 1 N–H and O–H groups in total. The third-order valence-electron chi connectivity index (χ3n) is 5.46. The number of nitrogens with one attached hydrogen (secondary N) is 1. The van der Waals surface area contributed by atoms with Crippen LogP contribution in [0.2, 0.25) is 0 Å². The summed E-state index contributed by atoms with van der Waals surface area (Å²) in [5.74, 6) is -0.0826. The van der Waals surface area contributed by atoms with Crippen molar-refractivity contribution in [1.82, 2.24) is 10.2 Å². The summed E-state index contributed by atoms with van der Waals surface area (Å²) in [5, 5.41) is 3.71. The van der Waals surface area contributed by atoms with Gasteiger partial charge in [-0.05, 0) is 63.3 Å². The Hall–Kier alpha value is -0.930. The first-order valence-corrected chi connectivity index (χ1v) is 8.36. The van der Waals surface area contributed by atoms with Crippen LogP contribution in [0.15, 0.2) is 18.2 Å². The van der Waals surface area contributed by atoms with Gasteiger partial charge >= 0.3 is 0 Å². The Kier molecular flexibility index (Phi) is 4.32. The Bertz CT molecular complexity index is 490. The van der Waals surface area contributed by atoms with Crippen molar-refractivity contribution in [2.24, 2.45) is 0 Å². The fourth-order valence-corrected chi connectivity index (χ4v) is 4.21. The number of hydrogen-bond donors (Lipinski definition) is 1. The minimum Gasteiger partial charge on any atom is -0.311 e. The molecule has 2 bridgehead atoms. The smallest absolute Gasteiger partial charge is 0.126 e. The minimum atomic E-state index is -0.0826. The first-order chi connectivity index (χ1) is 10.1. The van der Waals surface area contributed by atoms with Crippen LogP contribution in [0.25, 0.3) is 0 Å². The predicted molar refractivity (Wildman–Crippen MR) is 84.9 cm³/mol. The van der Waals surface area contributed by atoms with Crippen molar-refractivity contribution >= 4 is 0 Å². The number of fused-ring (bicyclic) bond motifs is 2. The molecule has 3 unspecified atom stereocenters. The number of benzene rings is 1. The number of halogens is 1. The second-order valence-corrected chi connectivity index (χ2v) is 6.78. The maximum Gasteiger partial charge on any atom is 0.126 e. The molecule has 3 heteroatoms. The molecule has 116 valence electrons. The zero-order valence-corrected chi connectivity index (χ0v) is 13.4. The van der Waals surface area contributed by atoms with E-state index in [2.05, 4.69) is 30.1 Å². The second-order valence-electron chi connectivity index (χ2n) is 6.78. The van der Waals surface area contributed by atoms with Gasteiger partial charge in [0.2, 0.25) is 0 Å². The molecule has 0 spiro atoms. The first kappa shape index (κ1) is 15.0. The Morgan fingerprint density at radius 2 is 1.95 bits per heavy atom. The van der Waals surface area contributed by atoms with Gasteiger partial charge in [-0.1, -0.05) is 19.1 Å². The Morgan fingerprint density at radius 3 is 2.52 bits per heavy atom. The third kappa shape index (κ3) is 3.00. The second kappa shape index (κ2) is 6.05. The Morgan fingerprint density at radius 1 is 1.29 bits per heavy atom. The van der Waals surface area contributed by atoms with E-state index in [4.69, 9.17) is 0 Å². The number of piperidine rings is 1. The van der Waals surface area contributed by atoms with Crippen molar-refractivity contribution in [3.05, 3.63) is 35.1 Å². The van der Waals surface area contributed by atoms with Crippen molar-refractivity contribution in [2.45, 2.75) is 70.6 Å². The van der Waals surface area contributed by atoms with Crippen molar-refractivity contribution in [3.63, 3.8) is 0 Å². The van der Waals surface area contributed by atoms with Gasteiger partial charge < -0.3 is 5.32 Å². The first-order valence-electron chi connectivity index (χ1n) is 8.36. The largest absolute Gasteiger partial charge is 0.311 e. The topological polar surface area (TPSA) is 15.3 Å². The highest BCUT2D eigenvalue weighted by atomic mass is 19.1. The van der Waals surface area contributed by atoms with Gasteiger partial charge in [0.05, 0.1) is 0 Å². The lowest BCUT2D eigenvalue weighted by molar-refractivity contribution is 0.107. The van der Waals surface area contributed by atoms with Crippen LogP contribution in [-0.2, 0) is 0 Å². The van der Waals surface area contributed by atoms with Crippen LogP contribution in [0.1, 0.15) is 56.7 Å². The van der Waals surface area contributed by atoms with E-state index in [-0.39, 0.29) is 11.9 Å². The zero-order chi connectivity index (χ0) is 15.0. The van der Waals surface area contributed by atoms with Crippen molar-refractivity contribution in [3.8, 4) is 0 Å². The van der Waals surface area contributed by atoms with Gasteiger partial charge in [0.15, 0.2) is 0 Å². The SMILES string of the molecule is CCN(C1CC2CCC(C1)N2)C(C)c1ccc(C)c(F)c1. The van der Waals surface area contributed by atoms with E-state index < -0.39 is 0 Å². The molecule has 1 aromatic rings. The molecule has 3 atom stereocenters. The van der Waals surface area contributed by atoms with E-state index in [1.807, 2.05) is 13.0 Å². The summed E-state index contributed by atoms with van der Waals surface area (Å²) in [4.78, 5) is 2.57. The Labute approximate surface area is 127 Å². The highest BCUT2D eigenvalue weighted by Crippen LogP contribution is 2.34. The molecule has 2 aliphatic rings. The maximum atomic E-state index is 13.9. The quantitative estimate of drug-likeness (QED) is 0.907. The Balaban J connectivity index is 1.77. The molecule has 0 aliphatic carbocycles. The zero-order valence-electron chi connectivity index (χ0n) is 13.4. The molecular weight excluding hydrogens is 263 g/mol. The van der Waals surface area contributed by atoms with Crippen LogP contribution >= 0.6 is 0 Å². The molecule has 0 amide bonds. The van der Waals surface area contributed by atoms with E-state index >= 15 is 0 Å². The van der Waals surface area contributed by atoms with Crippen LogP contribution in [-0.4, -0.2) is 29.6 Å². The van der Waals surface area contributed by atoms with Gasteiger partial charge in [-0.15, -0.1) is 0 Å². The molecule has 0 radical (unpaired) electrons. The molecule has 3 rings (SSSR count). The minimum absolute atomic E-state index is 0.0826.